The lowest BCUT2D eigenvalue weighted by molar-refractivity contribution is -0.117. The van der Waals surface area contributed by atoms with Crippen LogP contribution in [-0.4, -0.2) is 18.4 Å². The fraction of sp³-hybridized carbons (Fsp3) is 0.111. The second kappa shape index (κ2) is 8.15. The van der Waals surface area contributed by atoms with E-state index in [0.29, 0.717) is 17.1 Å². The monoisotopic (exact) mass is 328 g/mol. The van der Waals surface area contributed by atoms with Crippen molar-refractivity contribution in [3.8, 4) is 0 Å². The molecule has 2 aromatic rings. The molecule has 0 unspecified atom stereocenters. The van der Waals surface area contributed by atoms with Gasteiger partial charge >= 0.3 is 0 Å². The maximum Gasteiger partial charge on any atom is 0.267 e. The summed E-state index contributed by atoms with van der Waals surface area (Å²) in [5, 5.41) is 5.65. The number of nitrogens with one attached hydrogen (secondary N) is 2. The van der Waals surface area contributed by atoms with Gasteiger partial charge in [-0.25, -0.2) is 0 Å². The van der Waals surface area contributed by atoms with Crippen LogP contribution in [0.5, 0.6) is 0 Å². The zero-order chi connectivity index (χ0) is 16.7. The minimum atomic E-state index is -0.427. The predicted octanol–water partition coefficient (Wildman–Crippen LogP) is 3.25. The van der Waals surface area contributed by atoms with Crippen LogP contribution in [-0.2, 0) is 4.79 Å². The lowest BCUT2D eigenvalue weighted by Crippen LogP contribution is -2.34. The number of hydrogen-bond donors (Lipinski definition) is 2. The van der Waals surface area contributed by atoms with Gasteiger partial charge in [-0.05, 0) is 30.7 Å². The van der Waals surface area contributed by atoms with Gasteiger partial charge in [0.25, 0.3) is 11.8 Å². The van der Waals surface area contributed by atoms with E-state index >= 15 is 0 Å². The molecular weight excluding hydrogens is 312 g/mol. The Bertz CT molecular complexity index is 727. The molecule has 0 aliphatic heterocycles. The van der Waals surface area contributed by atoms with E-state index in [4.69, 9.17) is 11.6 Å². The van der Waals surface area contributed by atoms with Gasteiger partial charge in [-0.15, -0.1) is 0 Å². The van der Waals surface area contributed by atoms with Crippen molar-refractivity contribution in [3.05, 3.63) is 76.4 Å². The number of likely N-dealkylation sites (N-methyl/N-ethyl adjacent to an activating group) is 1. The van der Waals surface area contributed by atoms with E-state index in [9.17, 15) is 9.59 Å². The highest BCUT2D eigenvalue weighted by molar-refractivity contribution is 6.34. The fourth-order valence-electron chi connectivity index (χ4n) is 1.97. The van der Waals surface area contributed by atoms with Crippen LogP contribution in [0.15, 0.2) is 60.3 Å². The Morgan fingerprint density at radius 2 is 1.70 bits per heavy atom. The first kappa shape index (κ1) is 16.8. The van der Waals surface area contributed by atoms with Crippen LogP contribution in [0.2, 0.25) is 5.02 Å². The van der Waals surface area contributed by atoms with Crippen LogP contribution in [0, 0.1) is 0 Å². The largest absolute Gasteiger partial charge is 0.351 e. The highest BCUT2D eigenvalue weighted by atomic mass is 35.5. The molecule has 0 fully saturated rings. The molecule has 0 spiro atoms. The third kappa shape index (κ3) is 4.69. The number of benzene rings is 2. The Hall–Kier alpha value is -2.59. The molecular formula is C18H17ClN2O2. The molecule has 2 N–H and O–H groups in total. The van der Waals surface area contributed by atoms with Gasteiger partial charge in [0.2, 0.25) is 0 Å². The van der Waals surface area contributed by atoms with Crippen LogP contribution in [0.4, 0.5) is 0 Å². The summed E-state index contributed by atoms with van der Waals surface area (Å²) in [5.41, 5.74) is 1.30. The van der Waals surface area contributed by atoms with Crippen LogP contribution >= 0.6 is 11.6 Å². The molecule has 5 heteroatoms. The van der Waals surface area contributed by atoms with Crippen LogP contribution in [0.1, 0.15) is 22.8 Å². The Kier molecular flexibility index (Phi) is 5.94. The number of carbonyl (C=O) groups excluding carboxylic acids is 2. The Balaban J connectivity index is 2.28. The topological polar surface area (TPSA) is 58.2 Å². The van der Waals surface area contributed by atoms with Crippen molar-refractivity contribution >= 4 is 29.5 Å². The van der Waals surface area contributed by atoms with Gasteiger partial charge in [0.1, 0.15) is 5.70 Å². The molecule has 23 heavy (non-hydrogen) atoms. The zero-order valence-electron chi connectivity index (χ0n) is 12.7. The summed E-state index contributed by atoms with van der Waals surface area (Å²) < 4.78 is 0. The molecule has 4 nitrogen and oxygen atoms in total. The zero-order valence-corrected chi connectivity index (χ0v) is 13.4. The van der Waals surface area contributed by atoms with E-state index in [1.54, 1.807) is 30.3 Å². The Morgan fingerprint density at radius 3 is 2.35 bits per heavy atom. The van der Waals surface area contributed by atoms with Gasteiger partial charge in [-0.1, -0.05) is 54.1 Å². The summed E-state index contributed by atoms with van der Waals surface area (Å²) in [4.78, 5) is 24.5. The van der Waals surface area contributed by atoms with E-state index in [1.165, 1.54) is 0 Å². The third-order valence-corrected chi connectivity index (χ3v) is 3.39. The van der Waals surface area contributed by atoms with Crippen LogP contribution in [0.3, 0.4) is 0 Å². The Labute approximate surface area is 140 Å². The molecule has 0 bridgehead atoms. The Morgan fingerprint density at radius 1 is 1.04 bits per heavy atom. The molecule has 0 saturated carbocycles. The van der Waals surface area contributed by atoms with Gasteiger partial charge in [-0.2, -0.15) is 0 Å². The molecule has 0 heterocycles. The van der Waals surface area contributed by atoms with Crippen molar-refractivity contribution in [1.82, 2.24) is 10.6 Å². The highest BCUT2D eigenvalue weighted by Gasteiger charge is 2.15. The molecule has 2 rings (SSSR count). The van der Waals surface area contributed by atoms with E-state index in [2.05, 4.69) is 10.6 Å². The summed E-state index contributed by atoms with van der Waals surface area (Å²) in [6.45, 7) is 2.28. The maximum atomic E-state index is 12.4. The minimum absolute atomic E-state index is 0.169. The first-order chi connectivity index (χ1) is 11.1. The van der Waals surface area contributed by atoms with Crippen molar-refractivity contribution in [2.24, 2.45) is 0 Å². The fourth-order valence-corrected chi connectivity index (χ4v) is 2.19. The van der Waals surface area contributed by atoms with Crippen LogP contribution in [0.25, 0.3) is 6.08 Å². The molecule has 2 aromatic carbocycles. The lowest BCUT2D eigenvalue weighted by Gasteiger charge is -2.11. The minimum Gasteiger partial charge on any atom is -0.351 e. The standard InChI is InChI=1S/C18H17ClN2O2/c1-2-20-18(23)16(12-13-8-4-3-5-9-13)21-17(22)14-10-6-7-11-15(14)19/h3-12H,2H2,1H3,(H,20,23)(H,21,22)/b16-12+. The predicted molar refractivity (Wildman–Crippen MR) is 92.0 cm³/mol. The van der Waals surface area contributed by atoms with Gasteiger partial charge in [0, 0.05) is 6.54 Å². The summed E-state index contributed by atoms with van der Waals surface area (Å²) in [6.07, 6.45) is 1.62. The van der Waals surface area contributed by atoms with E-state index < -0.39 is 5.91 Å². The molecule has 0 aromatic heterocycles. The summed E-state index contributed by atoms with van der Waals surface area (Å²) in [5.74, 6) is -0.777. The van der Waals surface area contributed by atoms with Crippen molar-refractivity contribution in [1.29, 1.82) is 0 Å². The molecule has 0 aliphatic carbocycles. The molecule has 2 amide bonds. The lowest BCUT2D eigenvalue weighted by atomic mass is 10.1. The normalized spacial score (nSPS) is 11.0. The quantitative estimate of drug-likeness (QED) is 0.828. The summed E-state index contributed by atoms with van der Waals surface area (Å²) >= 11 is 6.02. The smallest absolute Gasteiger partial charge is 0.267 e. The van der Waals surface area contributed by atoms with Crippen LogP contribution < -0.4 is 10.6 Å². The second-order valence-corrected chi connectivity index (χ2v) is 5.17. The number of amides is 2. The highest BCUT2D eigenvalue weighted by Crippen LogP contribution is 2.15. The maximum absolute atomic E-state index is 12.4. The molecule has 0 saturated heterocycles. The van der Waals surface area contributed by atoms with E-state index in [1.807, 2.05) is 37.3 Å². The second-order valence-electron chi connectivity index (χ2n) is 4.76. The molecule has 118 valence electrons. The van der Waals surface area contributed by atoms with Crippen molar-refractivity contribution in [2.75, 3.05) is 6.54 Å². The van der Waals surface area contributed by atoms with Gasteiger partial charge < -0.3 is 10.6 Å². The number of rotatable bonds is 5. The van der Waals surface area contributed by atoms with Crippen molar-refractivity contribution in [3.63, 3.8) is 0 Å². The summed E-state index contributed by atoms with van der Waals surface area (Å²) in [7, 11) is 0. The number of hydrogen-bond acceptors (Lipinski definition) is 2. The molecule has 0 radical (unpaired) electrons. The first-order valence-corrected chi connectivity index (χ1v) is 7.60. The molecule has 0 aliphatic rings. The van der Waals surface area contributed by atoms with Crippen molar-refractivity contribution < 1.29 is 9.59 Å². The summed E-state index contributed by atoms with van der Waals surface area (Å²) in [6, 6.07) is 16.0. The van der Waals surface area contributed by atoms with E-state index in [-0.39, 0.29) is 11.6 Å². The van der Waals surface area contributed by atoms with Gasteiger partial charge in [0.05, 0.1) is 10.6 Å². The average molecular weight is 329 g/mol. The SMILES string of the molecule is CCNC(=O)/C(=C\c1ccccc1)NC(=O)c1ccccc1Cl. The number of carbonyl (C=O) groups is 2. The number of halogens is 1. The first-order valence-electron chi connectivity index (χ1n) is 7.22. The average Bonchev–Trinajstić information content (AvgIpc) is 2.55. The third-order valence-electron chi connectivity index (χ3n) is 3.06. The van der Waals surface area contributed by atoms with Gasteiger partial charge in [-0.3, -0.25) is 9.59 Å². The molecule has 0 atom stereocenters. The van der Waals surface area contributed by atoms with Gasteiger partial charge in [0.15, 0.2) is 0 Å². The van der Waals surface area contributed by atoms with Crippen molar-refractivity contribution in [2.45, 2.75) is 6.92 Å². The van der Waals surface area contributed by atoms with E-state index in [0.717, 1.165) is 5.56 Å².